The van der Waals surface area contributed by atoms with E-state index in [9.17, 15) is 4.79 Å². The summed E-state index contributed by atoms with van der Waals surface area (Å²) < 4.78 is 16.4. The van der Waals surface area contributed by atoms with E-state index in [0.717, 1.165) is 37.4 Å². The summed E-state index contributed by atoms with van der Waals surface area (Å²) in [4.78, 5) is 16.1. The van der Waals surface area contributed by atoms with Gasteiger partial charge in [0.2, 0.25) is 5.91 Å². The van der Waals surface area contributed by atoms with E-state index in [-0.39, 0.29) is 11.9 Å². The van der Waals surface area contributed by atoms with E-state index >= 15 is 0 Å². The molecule has 1 aromatic heterocycles. The Hall–Kier alpha value is -2.09. The van der Waals surface area contributed by atoms with E-state index in [1.54, 1.807) is 25.6 Å². The fourth-order valence-corrected chi connectivity index (χ4v) is 4.31. The molecular formula is C21H28N2O4S. The molecule has 1 unspecified atom stereocenters. The molecule has 0 fully saturated rings. The zero-order valence-electron chi connectivity index (χ0n) is 16.5. The molecule has 28 heavy (non-hydrogen) atoms. The van der Waals surface area contributed by atoms with Gasteiger partial charge in [0, 0.05) is 31.2 Å². The van der Waals surface area contributed by atoms with Crippen LogP contribution in [0.3, 0.4) is 0 Å². The van der Waals surface area contributed by atoms with Crippen LogP contribution < -0.4 is 14.8 Å². The van der Waals surface area contributed by atoms with Gasteiger partial charge in [-0.2, -0.15) is 0 Å². The van der Waals surface area contributed by atoms with Gasteiger partial charge in [0.1, 0.15) is 18.1 Å². The minimum atomic E-state index is -0.0746. The third kappa shape index (κ3) is 5.25. The fourth-order valence-electron chi connectivity index (χ4n) is 3.38. The number of nitrogens with zero attached hydrogens (tertiary/aromatic N) is 1. The van der Waals surface area contributed by atoms with Gasteiger partial charge < -0.3 is 24.4 Å². The number of benzene rings is 1. The number of ether oxygens (including phenoxy) is 3. The first-order valence-electron chi connectivity index (χ1n) is 9.55. The van der Waals surface area contributed by atoms with Crippen molar-refractivity contribution in [2.75, 3.05) is 47.1 Å². The molecule has 6 nitrogen and oxygen atoms in total. The maximum atomic E-state index is 12.8. The molecular weight excluding hydrogens is 376 g/mol. The molecule has 0 spiro atoms. The van der Waals surface area contributed by atoms with Crippen molar-refractivity contribution in [2.24, 2.45) is 0 Å². The van der Waals surface area contributed by atoms with Gasteiger partial charge in [-0.05, 0) is 48.5 Å². The number of hydrogen-bond acceptors (Lipinski definition) is 6. The first-order valence-corrected chi connectivity index (χ1v) is 10.4. The average molecular weight is 405 g/mol. The van der Waals surface area contributed by atoms with E-state index in [2.05, 4.69) is 16.8 Å². The summed E-state index contributed by atoms with van der Waals surface area (Å²) in [5, 5.41) is 5.32. The highest BCUT2D eigenvalue weighted by atomic mass is 32.1. The van der Waals surface area contributed by atoms with E-state index in [1.165, 1.54) is 10.4 Å². The number of carbonyl (C=O) groups is 1. The van der Waals surface area contributed by atoms with E-state index in [1.807, 2.05) is 29.2 Å². The first-order chi connectivity index (χ1) is 13.7. The monoisotopic (exact) mass is 404 g/mol. The van der Waals surface area contributed by atoms with Gasteiger partial charge in [-0.15, -0.1) is 11.3 Å². The van der Waals surface area contributed by atoms with E-state index < -0.39 is 0 Å². The second kappa shape index (κ2) is 10.5. The molecule has 1 amide bonds. The van der Waals surface area contributed by atoms with Gasteiger partial charge in [-0.1, -0.05) is 6.07 Å². The molecule has 152 valence electrons. The Balaban J connectivity index is 1.64. The number of thiophene rings is 1. The minimum absolute atomic E-state index is 0.0746. The number of carbonyl (C=O) groups excluding carboxylic acids is 1. The zero-order valence-corrected chi connectivity index (χ0v) is 17.3. The predicted octanol–water partition coefficient (Wildman–Crippen LogP) is 2.89. The smallest absolute Gasteiger partial charge is 0.237 e. The van der Waals surface area contributed by atoms with Gasteiger partial charge >= 0.3 is 0 Å². The molecule has 0 saturated carbocycles. The summed E-state index contributed by atoms with van der Waals surface area (Å²) in [6.07, 6.45) is 1.79. The Morgan fingerprint density at radius 2 is 2.14 bits per heavy atom. The maximum Gasteiger partial charge on any atom is 0.237 e. The van der Waals surface area contributed by atoms with Crippen molar-refractivity contribution in [3.05, 3.63) is 46.2 Å². The lowest BCUT2D eigenvalue weighted by molar-refractivity contribution is -0.133. The first kappa shape index (κ1) is 20.6. The van der Waals surface area contributed by atoms with Crippen LogP contribution in [0, 0.1) is 0 Å². The van der Waals surface area contributed by atoms with Crippen molar-refractivity contribution >= 4 is 17.2 Å². The van der Waals surface area contributed by atoms with Gasteiger partial charge in [-0.25, -0.2) is 0 Å². The molecule has 0 bridgehead atoms. The van der Waals surface area contributed by atoms with Crippen LogP contribution in [0.5, 0.6) is 11.5 Å². The lowest BCUT2D eigenvalue weighted by Crippen LogP contribution is -2.45. The van der Waals surface area contributed by atoms with Crippen molar-refractivity contribution in [3.63, 3.8) is 0 Å². The number of methoxy groups -OCH3 is 2. The Morgan fingerprint density at radius 3 is 2.96 bits per heavy atom. The van der Waals surface area contributed by atoms with Gasteiger partial charge in [0.25, 0.3) is 0 Å². The second-order valence-electron chi connectivity index (χ2n) is 6.67. The molecule has 1 N–H and O–H groups in total. The number of amides is 1. The molecule has 1 aliphatic heterocycles. The van der Waals surface area contributed by atoms with Gasteiger partial charge in [0.15, 0.2) is 0 Å². The Kier molecular flexibility index (Phi) is 7.71. The van der Waals surface area contributed by atoms with Crippen LogP contribution in [-0.4, -0.2) is 57.9 Å². The summed E-state index contributed by atoms with van der Waals surface area (Å²) >= 11 is 1.75. The largest absolute Gasteiger partial charge is 0.497 e. The molecule has 2 heterocycles. The summed E-state index contributed by atoms with van der Waals surface area (Å²) in [7, 11) is 3.32. The standard InChI is InChI=1S/C21H28N2O4S/c1-25-11-4-9-22-14-21(24)23-10-7-20-18(8-12-28-20)19(23)15-27-17-6-3-5-16(13-17)26-2/h3,5-6,8,12-13,19,22H,4,7,9-11,14-15H2,1-2H3. The summed E-state index contributed by atoms with van der Waals surface area (Å²) in [5.41, 5.74) is 1.20. The van der Waals surface area contributed by atoms with Crippen molar-refractivity contribution in [3.8, 4) is 11.5 Å². The topological polar surface area (TPSA) is 60.0 Å². The van der Waals surface area contributed by atoms with Crippen LogP contribution in [0.4, 0.5) is 0 Å². The van der Waals surface area contributed by atoms with Crippen molar-refractivity contribution in [2.45, 2.75) is 18.9 Å². The van der Waals surface area contributed by atoms with Crippen molar-refractivity contribution < 1.29 is 19.0 Å². The Morgan fingerprint density at radius 1 is 1.29 bits per heavy atom. The molecule has 1 aliphatic rings. The molecule has 0 aliphatic carbocycles. The summed E-state index contributed by atoms with van der Waals surface area (Å²) in [6.45, 7) is 2.94. The Bertz CT molecular complexity index is 764. The van der Waals surface area contributed by atoms with Crippen LogP contribution in [-0.2, 0) is 16.0 Å². The van der Waals surface area contributed by atoms with Crippen molar-refractivity contribution in [1.82, 2.24) is 10.2 Å². The highest BCUT2D eigenvalue weighted by Gasteiger charge is 2.31. The summed E-state index contributed by atoms with van der Waals surface area (Å²) in [6, 6.07) is 9.59. The SMILES string of the molecule is COCCCNCC(=O)N1CCc2sccc2C1COc1cccc(OC)c1. The quantitative estimate of drug-likeness (QED) is 0.617. The van der Waals surface area contributed by atoms with E-state index in [4.69, 9.17) is 14.2 Å². The van der Waals surface area contributed by atoms with Gasteiger partial charge in [-0.3, -0.25) is 4.79 Å². The molecule has 2 aromatic rings. The van der Waals surface area contributed by atoms with Gasteiger partial charge in [0.05, 0.1) is 19.7 Å². The predicted molar refractivity (Wildman–Crippen MR) is 110 cm³/mol. The average Bonchev–Trinajstić information content (AvgIpc) is 3.21. The third-order valence-corrected chi connectivity index (χ3v) is 5.84. The molecule has 0 radical (unpaired) electrons. The summed E-state index contributed by atoms with van der Waals surface area (Å²) in [5.74, 6) is 1.60. The van der Waals surface area contributed by atoms with Crippen LogP contribution in [0.1, 0.15) is 22.9 Å². The van der Waals surface area contributed by atoms with E-state index in [0.29, 0.717) is 19.8 Å². The highest BCUT2D eigenvalue weighted by molar-refractivity contribution is 7.10. The van der Waals surface area contributed by atoms with Crippen LogP contribution >= 0.6 is 11.3 Å². The lowest BCUT2D eigenvalue weighted by atomic mass is 10.0. The number of nitrogens with one attached hydrogen (secondary N) is 1. The number of rotatable bonds is 10. The highest BCUT2D eigenvalue weighted by Crippen LogP contribution is 2.34. The molecule has 1 atom stereocenters. The number of hydrogen-bond donors (Lipinski definition) is 1. The molecule has 7 heteroatoms. The maximum absolute atomic E-state index is 12.8. The second-order valence-corrected chi connectivity index (χ2v) is 7.67. The normalized spacial score (nSPS) is 15.9. The fraction of sp³-hybridized carbons (Fsp3) is 0.476. The lowest BCUT2D eigenvalue weighted by Gasteiger charge is -2.36. The van der Waals surface area contributed by atoms with Crippen LogP contribution in [0.15, 0.2) is 35.7 Å². The zero-order chi connectivity index (χ0) is 19.8. The Labute approximate surface area is 170 Å². The van der Waals surface area contributed by atoms with Crippen LogP contribution in [0.25, 0.3) is 0 Å². The number of fused-ring (bicyclic) bond motifs is 1. The molecule has 0 saturated heterocycles. The minimum Gasteiger partial charge on any atom is -0.497 e. The molecule has 1 aromatic carbocycles. The third-order valence-electron chi connectivity index (χ3n) is 4.84. The van der Waals surface area contributed by atoms with Crippen LogP contribution in [0.2, 0.25) is 0 Å². The van der Waals surface area contributed by atoms with Crippen molar-refractivity contribution in [1.29, 1.82) is 0 Å². The molecule has 3 rings (SSSR count).